The van der Waals surface area contributed by atoms with E-state index in [1.165, 1.54) is 18.4 Å². The summed E-state index contributed by atoms with van der Waals surface area (Å²) in [6, 6.07) is 0. The van der Waals surface area contributed by atoms with Crippen LogP contribution in [0.3, 0.4) is 0 Å². The highest BCUT2D eigenvalue weighted by molar-refractivity contribution is 7.98. The summed E-state index contributed by atoms with van der Waals surface area (Å²) < 4.78 is 0. The van der Waals surface area contributed by atoms with E-state index in [0.717, 1.165) is 30.6 Å². The standard InChI is InChI=1S/C14H19N5S/c1-20-14-17-7-11(8-18-14)9-19-6-2-3-12(10-19)13-15-4-5-16-13/h4-5,7-8,12H,2-3,6,9-10H2,1H3,(H,15,16)/t12-/m1/s1. The molecular weight excluding hydrogens is 270 g/mol. The number of piperidine rings is 1. The fraction of sp³-hybridized carbons (Fsp3) is 0.500. The maximum absolute atomic E-state index is 4.39. The minimum Gasteiger partial charge on any atom is -0.348 e. The van der Waals surface area contributed by atoms with E-state index in [1.807, 2.05) is 31.0 Å². The predicted molar refractivity (Wildman–Crippen MR) is 79.7 cm³/mol. The summed E-state index contributed by atoms with van der Waals surface area (Å²) in [5, 5.41) is 0.834. The SMILES string of the molecule is CSc1ncc(CN2CCC[C@@H](c3ncc[nH]3)C2)cn1. The monoisotopic (exact) mass is 289 g/mol. The van der Waals surface area contributed by atoms with Crippen LogP contribution in [-0.4, -0.2) is 44.2 Å². The lowest BCUT2D eigenvalue weighted by Crippen LogP contribution is -2.34. The number of rotatable bonds is 4. The zero-order valence-electron chi connectivity index (χ0n) is 11.6. The normalized spacial score (nSPS) is 20.1. The van der Waals surface area contributed by atoms with Gasteiger partial charge in [-0.05, 0) is 25.6 Å². The summed E-state index contributed by atoms with van der Waals surface area (Å²) in [6.07, 6.45) is 12.0. The van der Waals surface area contributed by atoms with Crippen molar-refractivity contribution in [1.29, 1.82) is 0 Å². The van der Waals surface area contributed by atoms with Crippen LogP contribution in [0.15, 0.2) is 29.9 Å². The Morgan fingerprint density at radius 3 is 2.90 bits per heavy atom. The number of likely N-dealkylation sites (tertiary alicyclic amines) is 1. The Labute approximate surface area is 123 Å². The fourth-order valence-corrected chi connectivity index (χ4v) is 3.03. The Morgan fingerprint density at radius 2 is 2.20 bits per heavy atom. The third kappa shape index (κ3) is 3.19. The molecule has 20 heavy (non-hydrogen) atoms. The summed E-state index contributed by atoms with van der Waals surface area (Å²) >= 11 is 1.57. The van der Waals surface area contributed by atoms with Crippen LogP contribution < -0.4 is 0 Å². The minimum absolute atomic E-state index is 0.519. The molecule has 3 heterocycles. The van der Waals surface area contributed by atoms with Gasteiger partial charge in [0, 0.05) is 49.4 Å². The first-order chi connectivity index (χ1) is 9.85. The van der Waals surface area contributed by atoms with Crippen LogP contribution in [0.25, 0.3) is 0 Å². The molecule has 0 aromatic carbocycles. The number of imidazole rings is 1. The highest BCUT2D eigenvalue weighted by atomic mass is 32.2. The lowest BCUT2D eigenvalue weighted by Gasteiger charge is -2.31. The van der Waals surface area contributed by atoms with E-state index >= 15 is 0 Å². The lowest BCUT2D eigenvalue weighted by molar-refractivity contribution is 0.196. The minimum atomic E-state index is 0.519. The number of nitrogens with zero attached hydrogens (tertiary/aromatic N) is 4. The molecule has 5 nitrogen and oxygen atoms in total. The zero-order valence-corrected chi connectivity index (χ0v) is 12.4. The molecule has 1 N–H and O–H groups in total. The predicted octanol–water partition coefficient (Wildman–Crippen LogP) is 2.30. The molecule has 1 saturated heterocycles. The maximum atomic E-state index is 4.39. The van der Waals surface area contributed by atoms with Crippen molar-refractivity contribution in [2.24, 2.45) is 0 Å². The Balaban J connectivity index is 1.62. The molecule has 1 aliphatic rings. The van der Waals surface area contributed by atoms with Crippen molar-refractivity contribution in [2.75, 3.05) is 19.3 Å². The van der Waals surface area contributed by atoms with E-state index in [-0.39, 0.29) is 0 Å². The van der Waals surface area contributed by atoms with Gasteiger partial charge in [0.05, 0.1) is 0 Å². The highest BCUT2D eigenvalue weighted by Gasteiger charge is 2.22. The largest absolute Gasteiger partial charge is 0.348 e. The molecule has 3 rings (SSSR count). The van der Waals surface area contributed by atoms with E-state index in [0.29, 0.717) is 5.92 Å². The molecule has 2 aromatic heterocycles. The molecule has 1 fully saturated rings. The van der Waals surface area contributed by atoms with Gasteiger partial charge in [0.15, 0.2) is 5.16 Å². The van der Waals surface area contributed by atoms with Crippen LogP contribution in [-0.2, 0) is 6.54 Å². The molecule has 1 aliphatic heterocycles. The first-order valence-corrected chi connectivity index (χ1v) is 8.14. The fourth-order valence-electron chi connectivity index (χ4n) is 2.71. The molecule has 0 saturated carbocycles. The van der Waals surface area contributed by atoms with Gasteiger partial charge in [-0.15, -0.1) is 0 Å². The number of thioether (sulfide) groups is 1. The van der Waals surface area contributed by atoms with E-state index in [1.54, 1.807) is 11.8 Å². The number of hydrogen-bond donors (Lipinski definition) is 1. The van der Waals surface area contributed by atoms with Crippen LogP contribution in [0.1, 0.15) is 30.1 Å². The van der Waals surface area contributed by atoms with Crippen molar-refractivity contribution in [3.05, 3.63) is 36.2 Å². The van der Waals surface area contributed by atoms with Crippen molar-refractivity contribution in [1.82, 2.24) is 24.8 Å². The number of nitrogens with one attached hydrogen (secondary N) is 1. The first kappa shape index (κ1) is 13.6. The van der Waals surface area contributed by atoms with Crippen LogP contribution >= 0.6 is 11.8 Å². The highest BCUT2D eigenvalue weighted by Crippen LogP contribution is 2.25. The third-order valence-electron chi connectivity index (χ3n) is 3.68. The maximum Gasteiger partial charge on any atom is 0.187 e. The Bertz CT molecular complexity index is 525. The molecule has 0 spiro atoms. The number of aromatic amines is 1. The van der Waals surface area contributed by atoms with E-state index < -0.39 is 0 Å². The van der Waals surface area contributed by atoms with Crippen LogP contribution in [0.2, 0.25) is 0 Å². The first-order valence-electron chi connectivity index (χ1n) is 6.91. The summed E-state index contributed by atoms with van der Waals surface area (Å²) in [4.78, 5) is 18.8. The van der Waals surface area contributed by atoms with Crippen molar-refractivity contribution >= 4 is 11.8 Å². The smallest absolute Gasteiger partial charge is 0.187 e. The van der Waals surface area contributed by atoms with Crippen molar-refractivity contribution in [3.63, 3.8) is 0 Å². The molecule has 6 heteroatoms. The number of hydrogen-bond acceptors (Lipinski definition) is 5. The summed E-state index contributed by atoms with van der Waals surface area (Å²) in [5.41, 5.74) is 1.18. The second-order valence-corrected chi connectivity index (χ2v) is 5.90. The van der Waals surface area contributed by atoms with Crippen LogP contribution in [0, 0.1) is 0 Å². The summed E-state index contributed by atoms with van der Waals surface area (Å²) in [7, 11) is 0. The van der Waals surface area contributed by atoms with E-state index in [9.17, 15) is 0 Å². The molecule has 0 unspecified atom stereocenters. The van der Waals surface area contributed by atoms with Gasteiger partial charge in [0.25, 0.3) is 0 Å². The second-order valence-electron chi connectivity index (χ2n) is 5.13. The van der Waals surface area contributed by atoms with Gasteiger partial charge in [-0.1, -0.05) is 11.8 Å². The van der Waals surface area contributed by atoms with Gasteiger partial charge in [-0.25, -0.2) is 15.0 Å². The van der Waals surface area contributed by atoms with E-state index in [4.69, 9.17) is 0 Å². The summed E-state index contributed by atoms with van der Waals surface area (Å²) in [5.74, 6) is 1.63. The molecule has 0 aliphatic carbocycles. The zero-order chi connectivity index (χ0) is 13.8. The Kier molecular flexibility index (Phi) is 4.32. The molecule has 0 radical (unpaired) electrons. The lowest BCUT2D eigenvalue weighted by atomic mass is 9.97. The number of aromatic nitrogens is 4. The van der Waals surface area contributed by atoms with Crippen molar-refractivity contribution in [2.45, 2.75) is 30.5 Å². The molecule has 106 valence electrons. The van der Waals surface area contributed by atoms with E-state index in [2.05, 4.69) is 24.8 Å². The Hall–Kier alpha value is -1.40. The molecule has 0 bridgehead atoms. The van der Waals surface area contributed by atoms with Crippen LogP contribution in [0.4, 0.5) is 0 Å². The second kappa shape index (κ2) is 6.37. The quantitative estimate of drug-likeness (QED) is 0.691. The summed E-state index contributed by atoms with van der Waals surface area (Å²) in [6.45, 7) is 3.12. The molecular formula is C14H19N5S. The van der Waals surface area contributed by atoms with Gasteiger partial charge in [0.2, 0.25) is 0 Å². The average molecular weight is 289 g/mol. The van der Waals surface area contributed by atoms with Gasteiger partial charge in [-0.3, -0.25) is 4.90 Å². The Morgan fingerprint density at radius 1 is 1.35 bits per heavy atom. The van der Waals surface area contributed by atoms with Gasteiger partial charge >= 0.3 is 0 Å². The topological polar surface area (TPSA) is 57.7 Å². The average Bonchev–Trinajstić information content (AvgIpc) is 3.03. The van der Waals surface area contributed by atoms with Gasteiger partial charge in [0.1, 0.15) is 5.82 Å². The van der Waals surface area contributed by atoms with Gasteiger partial charge < -0.3 is 4.98 Å². The molecule has 0 amide bonds. The number of H-pyrrole nitrogens is 1. The molecule has 1 atom stereocenters. The van der Waals surface area contributed by atoms with Crippen LogP contribution in [0.5, 0.6) is 0 Å². The van der Waals surface area contributed by atoms with Crippen molar-refractivity contribution < 1.29 is 0 Å². The molecule has 2 aromatic rings. The third-order valence-corrected chi connectivity index (χ3v) is 4.26. The van der Waals surface area contributed by atoms with Crippen molar-refractivity contribution in [3.8, 4) is 0 Å². The van der Waals surface area contributed by atoms with Gasteiger partial charge in [-0.2, -0.15) is 0 Å².